The summed E-state index contributed by atoms with van der Waals surface area (Å²) in [5, 5.41) is 0. The topological polar surface area (TPSA) is 21.6 Å². The lowest BCUT2D eigenvalue weighted by atomic mass is 10.1. The van der Waals surface area contributed by atoms with Crippen molar-refractivity contribution >= 4 is 6.40 Å². The number of rotatable bonds is 0. The zero-order chi connectivity index (χ0) is 7.97. The number of fused-ring (bicyclic) bond motifs is 3. The third-order valence-corrected chi connectivity index (χ3v) is 2.60. The van der Waals surface area contributed by atoms with Crippen LogP contribution in [0.4, 0.5) is 0 Å². The molecule has 12 heavy (non-hydrogen) atoms. The zero-order valence-electron chi connectivity index (χ0n) is 6.60. The first-order valence-corrected chi connectivity index (χ1v) is 4.20. The van der Waals surface area contributed by atoms with Crippen LogP contribution in [0.15, 0.2) is 29.3 Å². The highest BCUT2D eigenvalue weighted by atomic mass is 16.5. The molecule has 3 rings (SSSR count). The van der Waals surface area contributed by atoms with Crippen LogP contribution in [-0.2, 0) is 11.2 Å². The molecule has 0 fully saturated rings. The highest BCUT2D eigenvalue weighted by molar-refractivity contribution is 5.54. The highest BCUT2D eigenvalue weighted by Gasteiger charge is 2.35. The van der Waals surface area contributed by atoms with Gasteiger partial charge in [-0.25, -0.2) is 4.99 Å². The maximum absolute atomic E-state index is 5.37. The van der Waals surface area contributed by atoms with Crippen molar-refractivity contribution in [1.29, 1.82) is 0 Å². The summed E-state index contributed by atoms with van der Waals surface area (Å²) in [5.74, 6) is 0. The fraction of sp³-hybridized carbons (Fsp3) is 0.300. The van der Waals surface area contributed by atoms with Gasteiger partial charge in [-0.1, -0.05) is 24.3 Å². The van der Waals surface area contributed by atoms with Crippen molar-refractivity contribution in [3.05, 3.63) is 35.4 Å². The van der Waals surface area contributed by atoms with Gasteiger partial charge in [0.05, 0.1) is 0 Å². The van der Waals surface area contributed by atoms with E-state index in [9.17, 15) is 0 Å². The first-order chi connectivity index (χ1) is 5.95. The first kappa shape index (κ1) is 6.23. The molecule has 0 aromatic heterocycles. The molecule has 0 saturated heterocycles. The standard InChI is InChI=1S/C10H9NO/c1-2-4-8-7(3-1)5-9-10(8)11-6-12-9/h1-4,6,9-10H,5H2/t9-,10+/m1/s1. The van der Waals surface area contributed by atoms with Gasteiger partial charge < -0.3 is 4.74 Å². The second-order valence-electron chi connectivity index (χ2n) is 3.28. The molecule has 2 heteroatoms. The molecule has 2 aliphatic rings. The molecule has 1 aliphatic carbocycles. The van der Waals surface area contributed by atoms with Gasteiger partial charge in [0.25, 0.3) is 0 Å². The summed E-state index contributed by atoms with van der Waals surface area (Å²) in [6, 6.07) is 8.72. The Labute approximate surface area is 70.9 Å². The lowest BCUT2D eigenvalue weighted by molar-refractivity contribution is 0.214. The summed E-state index contributed by atoms with van der Waals surface area (Å²) in [5.41, 5.74) is 2.74. The van der Waals surface area contributed by atoms with Crippen LogP contribution in [0.25, 0.3) is 0 Å². The van der Waals surface area contributed by atoms with Crippen LogP contribution >= 0.6 is 0 Å². The van der Waals surface area contributed by atoms with E-state index < -0.39 is 0 Å². The molecule has 60 valence electrons. The van der Waals surface area contributed by atoms with E-state index in [1.54, 1.807) is 6.40 Å². The van der Waals surface area contributed by atoms with Crippen LogP contribution in [0.2, 0.25) is 0 Å². The van der Waals surface area contributed by atoms with Crippen molar-refractivity contribution in [3.8, 4) is 0 Å². The number of hydrogen-bond donors (Lipinski definition) is 0. The summed E-state index contributed by atoms with van der Waals surface area (Å²) in [6.45, 7) is 0. The minimum atomic E-state index is 0.279. The molecule has 0 spiro atoms. The van der Waals surface area contributed by atoms with E-state index in [1.807, 2.05) is 0 Å². The van der Waals surface area contributed by atoms with E-state index in [-0.39, 0.29) is 12.1 Å². The molecule has 1 aromatic rings. The number of ether oxygens (including phenoxy) is 1. The predicted molar refractivity (Wildman–Crippen MR) is 46.3 cm³/mol. The molecule has 0 unspecified atom stereocenters. The Kier molecular flexibility index (Phi) is 1.09. The Hall–Kier alpha value is -1.31. The molecular formula is C10H9NO. The Morgan fingerprint density at radius 2 is 2.25 bits per heavy atom. The molecule has 1 aromatic carbocycles. The van der Waals surface area contributed by atoms with E-state index in [0.717, 1.165) is 6.42 Å². The molecule has 2 nitrogen and oxygen atoms in total. The fourth-order valence-corrected chi connectivity index (χ4v) is 2.01. The monoisotopic (exact) mass is 159 g/mol. The van der Waals surface area contributed by atoms with Gasteiger partial charge in [0.1, 0.15) is 12.1 Å². The summed E-state index contributed by atoms with van der Waals surface area (Å²) in [7, 11) is 0. The van der Waals surface area contributed by atoms with Gasteiger partial charge in [-0.2, -0.15) is 0 Å². The Morgan fingerprint density at radius 1 is 1.33 bits per heavy atom. The Morgan fingerprint density at radius 3 is 3.25 bits per heavy atom. The largest absolute Gasteiger partial charge is 0.477 e. The SMILES string of the molecule is C1=N[C@H]2c3ccccc3C[C@H]2O1. The maximum Gasteiger partial charge on any atom is 0.170 e. The van der Waals surface area contributed by atoms with Gasteiger partial charge >= 0.3 is 0 Å². The number of hydrogen-bond acceptors (Lipinski definition) is 2. The normalized spacial score (nSPS) is 29.7. The summed E-state index contributed by atoms with van der Waals surface area (Å²) in [4.78, 5) is 4.29. The van der Waals surface area contributed by atoms with Crippen molar-refractivity contribution in [2.24, 2.45) is 4.99 Å². The van der Waals surface area contributed by atoms with Gasteiger partial charge in [-0.05, 0) is 11.1 Å². The van der Waals surface area contributed by atoms with Gasteiger partial charge in [0, 0.05) is 6.42 Å². The average molecular weight is 159 g/mol. The van der Waals surface area contributed by atoms with E-state index in [1.165, 1.54) is 11.1 Å². The Balaban J connectivity index is 2.14. The second-order valence-corrected chi connectivity index (χ2v) is 3.28. The number of benzene rings is 1. The van der Waals surface area contributed by atoms with Crippen molar-refractivity contribution in [3.63, 3.8) is 0 Å². The minimum Gasteiger partial charge on any atom is -0.477 e. The lowest BCUT2D eigenvalue weighted by Crippen LogP contribution is -2.09. The maximum atomic E-state index is 5.37. The smallest absolute Gasteiger partial charge is 0.170 e. The summed E-state index contributed by atoms with van der Waals surface area (Å²) < 4.78 is 5.37. The quantitative estimate of drug-likeness (QED) is 0.564. The number of nitrogens with zero attached hydrogens (tertiary/aromatic N) is 1. The van der Waals surface area contributed by atoms with E-state index in [4.69, 9.17) is 4.74 Å². The first-order valence-electron chi connectivity index (χ1n) is 4.20. The molecular weight excluding hydrogens is 150 g/mol. The molecule has 0 saturated carbocycles. The van der Waals surface area contributed by atoms with Crippen LogP contribution in [0.1, 0.15) is 17.2 Å². The molecule has 0 amide bonds. The van der Waals surface area contributed by atoms with E-state index in [2.05, 4.69) is 29.3 Å². The van der Waals surface area contributed by atoms with Gasteiger partial charge in [-0.15, -0.1) is 0 Å². The third-order valence-electron chi connectivity index (χ3n) is 2.60. The van der Waals surface area contributed by atoms with Crippen molar-refractivity contribution < 1.29 is 4.74 Å². The summed E-state index contributed by atoms with van der Waals surface area (Å²) >= 11 is 0. The zero-order valence-corrected chi connectivity index (χ0v) is 6.60. The molecule has 1 heterocycles. The predicted octanol–water partition coefficient (Wildman–Crippen LogP) is 1.71. The summed E-state index contributed by atoms with van der Waals surface area (Å²) in [6.07, 6.45) is 2.88. The van der Waals surface area contributed by atoms with Crippen molar-refractivity contribution in [2.45, 2.75) is 18.6 Å². The molecule has 2 atom stereocenters. The number of aliphatic imine (C=N–C) groups is 1. The molecule has 0 N–H and O–H groups in total. The van der Waals surface area contributed by atoms with E-state index in [0.29, 0.717) is 0 Å². The van der Waals surface area contributed by atoms with Crippen molar-refractivity contribution in [2.75, 3.05) is 0 Å². The minimum absolute atomic E-state index is 0.279. The van der Waals surface area contributed by atoms with Gasteiger partial charge in [0.2, 0.25) is 0 Å². The molecule has 0 radical (unpaired) electrons. The van der Waals surface area contributed by atoms with Crippen LogP contribution < -0.4 is 0 Å². The second kappa shape index (κ2) is 2.09. The van der Waals surface area contributed by atoms with Crippen LogP contribution in [0.3, 0.4) is 0 Å². The van der Waals surface area contributed by atoms with Crippen molar-refractivity contribution in [1.82, 2.24) is 0 Å². The third kappa shape index (κ3) is 0.670. The average Bonchev–Trinajstić information content (AvgIpc) is 2.62. The Bertz CT molecular complexity index is 345. The van der Waals surface area contributed by atoms with E-state index >= 15 is 0 Å². The van der Waals surface area contributed by atoms with Crippen LogP contribution in [-0.4, -0.2) is 12.5 Å². The van der Waals surface area contributed by atoms with Gasteiger partial charge in [-0.3, -0.25) is 0 Å². The van der Waals surface area contributed by atoms with Crippen LogP contribution in [0.5, 0.6) is 0 Å². The fourth-order valence-electron chi connectivity index (χ4n) is 2.01. The lowest BCUT2D eigenvalue weighted by Gasteiger charge is -2.05. The molecule has 0 bridgehead atoms. The molecule has 1 aliphatic heterocycles. The highest BCUT2D eigenvalue weighted by Crippen LogP contribution is 2.37. The van der Waals surface area contributed by atoms with Crippen LogP contribution in [0, 0.1) is 0 Å². The van der Waals surface area contributed by atoms with Gasteiger partial charge in [0.15, 0.2) is 6.40 Å².